The molecular weight excluding hydrogens is 372 g/mol. The van der Waals surface area contributed by atoms with Crippen LogP contribution in [0.15, 0.2) is 54.6 Å². The summed E-state index contributed by atoms with van der Waals surface area (Å²) >= 11 is 6.21. The number of benzene rings is 2. The number of hydrogen-bond acceptors (Lipinski definition) is 2. The third-order valence-electron chi connectivity index (χ3n) is 4.43. The highest BCUT2D eigenvalue weighted by molar-refractivity contribution is 6.31. The molecule has 0 heterocycles. The number of rotatable bonds is 7. The minimum absolute atomic E-state index is 0.0691. The summed E-state index contributed by atoms with van der Waals surface area (Å²) in [6, 6.07) is 16.7. The lowest BCUT2D eigenvalue weighted by Gasteiger charge is -2.31. The molecule has 2 aromatic carbocycles. The Kier molecular flexibility index (Phi) is 7.64. The van der Waals surface area contributed by atoms with E-state index < -0.39 is 6.04 Å². The van der Waals surface area contributed by atoms with Crippen molar-refractivity contribution in [3.63, 3.8) is 0 Å². The molecule has 0 aromatic heterocycles. The van der Waals surface area contributed by atoms with E-state index >= 15 is 0 Å². The summed E-state index contributed by atoms with van der Waals surface area (Å²) < 4.78 is 0. The van der Waals surface area contributed by atoms with E-state index in [1.807, 2.05) is 75.4 Å². The number of carbonyl (C=O) groups excluding carboxylic acids is 2. The molecule has 0 aliphatic heterocycles. The summed E-state index contributed by atoms with van der Waals surface area (Å²) in [6.07, 6.45) is 0.834. The predicted octanol–water partition coefficient (Wildman–Crippen LogP) is 4.60. The summed E-state index contributed by atoms with van der Waals surface area (Å²) in [5.74, 6) is -0.227. The van der Waals surface area contributed by atoms with Gasteiger partial charge in [-0.2, -0.15) is 0 Å². The first-order valence-electron chi connectivity index (χ1n) is 9.56. The van der Waals surface area contributed by atoms with E-state index in [1.165, 1.54) is 0 Å². The third-order valence-corrected chi connectivity index (χ3v) is 4.80. The molecule has 0 saturated heterocycles. The van der Waals surface area contributed by atoms with E-state index in [0.29, 0.717) is 24.4 Å². The molecule has 0 aliphatic rings. The number of aryl methyl sites for hydroxylation is 1. The molecule has 0 fully saturated rings. The van der Waals surface area contributed by atoms with Crippen molar-refractivity contribution in [2.45, 2.75) is 58.7 Å². The lowest BCUT2D eigenvalue weighted by molar-refractivity contribution is -0.141. The van der Waals surface area contributed by atoms with Crippen LogP contribution < -0.4 is 5.32 Å². The molecule has 0 unspecified atom stereocenters. The van der Waals surface area contributed by atoms with Gasteiger partial charge in [0, 0.05) is 23.5 Å². The van der Waals surface area contributed by atoms with Gasteiger partial charge in [-0.25, -0.2) is 0 Å². The van der Waals surface area contributed by atoms with Crippen molar-refractivity contribution in [1.82, 2.24) is 10.2 Å². The van der Waals surface area contributed by atoms with Gasteiger partial charge in [-0.3, -0.25) is 9.59 Å². The van der Waals surface area contributed by atoms with Crippen LogP contribution in [0.2, 0.25) is 5.02 Å². The average Bonchev–Trinajstić information content (AvgIpc) is 2.64. The van der Waals surface area contributed by atoms with Crippen LogP contribution in [0, 0.1) is 0 Å². The van der Waals surface area contributed by atoms with E-state index in [4.69, 9.17) is 11.6 Å². The summed E-state index contributed by atoms with van der Waals surface area (Å²) in [5, 5.41) is 3.62. The number of carbonyl (C=O) groups is 2. The summed E-state index contributed by atoms with van der Waals surface area (Å²) in [4.78, 5) is 27.4. The van der Waals surface area contributed by atoms with Crippen molar-refractivity contribution in [2.75, 3.05) is 0 Å². The van der Waals surface area contributed by atoms with Gasteiger partial charge in [0.15, 0.2) is 0 Å². The summed E-state index contributed by atoms with van der Waals surface area (Å²) in [5.41, 5.74) is 1.57. The molecule has 28 heavy (non-hydrogen) atoms. The number of halogens is 1. The highest BCUT2D eigenvalue weighted by Crippen LogP contribution is 2.18. The van der Waals surface area contributed by atoms with E-state index in [9.17, 15) is 9.59 Å². The molecule has 2 amide bonds. The monoisotopic (exact) mass is 400 g/mol. The molecule has 1 atom stereocenters. The van der Waals surface area contributed by atoms with Gasteiger partial charge in [0.1, 0.15) is 6.04 Å². The molecule has 0 radical (unpaired) electrons. The predicted molar refractivity (Wildman–Crippen MR) is 114 cm³/mol. The quantitative estimate of drug-likeness (QED) is 0.738. The Hall–Kier alpha value is -2.33. The Morgan fingerprint density at radius 3 is 2.25 bits per heavy atom. The maximum Gasteiger partial charge on any atom is 0.242 e. The minimum Gasteiger partial charge on any atom is -0.350 e. The Morgan fingerprint density at radius 2 is 1.64 bits per heavy atom. The van der Waals surface area contributed by atoms with Crippen molar-refractivity contribution in [2.24, 2.45) is 0 Å². The van der Waals surface area contributed by atoms with Crippen LogP contribution in [0.5, 0.6) is 0 Å². The van der Waals surface area contributed by atoms with Crippen LogP contribution in [0.1, 0.15) is 45.2 Å². The first-order valence-corrected chi connectivity index (χ1v) is 9.94. The fourth-order valence-corrected chi connectivity index (χ4v) is 3.15. The number of nitrogens with one attached hydrogen (secondary N) is 1. The Bertz CT molecular complexity index is 800. The van der Waals surface area contributed by atoms with Gasteiger partial charge >= 0.3 is 0 Å². The van der Waals surface area contributed by atoms with E-state index in [1.54, 1.807) is 11.8 Å². The lowest BCUT2D eigenvalue weighted by atomic mass is 10.1. The van der Waals surface area contributed by atoms with Crippen molar-refractivity contribution in [3.8, 4) is 0 Å². The highest BCUT2D eigenvalue weighted by atomic mass is 35.5. The molecule has 2 aromatic rings. The molecule has 0 spiro atoms. The van der Waals surface area contributed by atoms with Gasteiger partial charge in [-0.05, 0) is 51.3 Å². The van der Waals surface area contributed by atoms with Gasteiger partial charge in [-0.1, -0.05) is 60.1 Å². The average molecular weight is 401 g/mol. The summed E-state index contributed by atoms with van der Waals surface area (Å²) in [7, 11) is 0. The molecule has 4 nitrogen and oxygen atoms in total. The molecule has 0 aliphatic carbocycles. The normalized spacial score (nSPS) is 12.3. The van der Waals surface area contributed by atoms with Gasteiger partial charge in [0.05, 0.1) is 0 Å². The van der Waals surface area contributed by atoms with Crippen LogP contribution in [-0.4, -0.2) is 28.3 Å². The SMILES string of the molecule is C[C@@H](C(=O)NC(C)(C)C)N(Cc1ccccc1)C(=O)CCc1ccccc1Cl. The smallest absolute Gasteiger partial charge is 0.242 e. The zero-order chi connectivity index (χ0) is 20.7. The second kappa shape index (κ2) is 9.74. The fraction of sp³-hybridized carbons (Fsp3) is 0.391. The Labute approximate surface area is 172 Å². The van der Waals surface area contributed by atoms with E-state index in [2.05, 4.69) is 5.32 Å². The first-order chi connectivity index (χ1) is 13.2. The third kappa shape index (κ3) is 6.68. The fourth-order valence-electron chi connectivity index (χ4n) is 2.92. The van der Waals surface area contributed by atoms with Crippen LogP contribution in [0.25, 0.3) is 0 Å². The molecule has 1 N–H and O–H groups in total. The van der Waals surface area contributed by atoms with Crippen LogP contribution in [0.4, 0.5) is 0 Å². The minimum atomic E-state index is -0.571. The van der Waals surface area contributed by atoms with Crippen molar-refractivity contribution < 1.29 is 9.59 Å². The topological polar surface area (TPSA) is 49.4 Å². The molecule has 0 saturated carbocycles. The van der Waals surface area contributed by atoms with Crippen LogP contribution in [0.3, 0.4) is 0 Å². The van der Waals surface area contributed by atoms with Crippen molar-refractivity contribution in [1.29, 1.82) is 0 Å². The molecule has 0 bridgehead atoms. The van der Waals surface area contributed by atoms with Gasteiger partial charge in [0.25, 0.3) is 0 Å². The number of nitrogens with zero attached hydrogens (tertiary/aromatic N) is 1. The molecular formula is C23H29ClN2O2. The van der Waals surface area contributed by atoms with Gasteiger partial charge in [0.2, 0.25) is 11.8 Å². The second-order valence-electron chi connectivity index (χ2n) is 8.01. The van der Waals surface area contributed by atoms with Crippen molar-refractivity contribution in [3.05, 3.63) is 70.7 Å². The van der Waals surface area contributed by atoms with Crippen LogP contribution in [-0.2, 0) is 22.6 Å². The van der Waals surface area contributed by atoms with Gasteiger partial charge < -0.3 is 10.2 Å². The number of amides is 2. The van der Waals surface area contributed by atoms with E-state index in [-0.39, 0.29) is 17.4 Å². The second-order valence-corrected chi connectivity index (χ2v) is 8.42. The summed E-state index contributed by atoms with van der Waals surface area (Å²) in [6.45, 7) is 7.95. The zero-order valence-electron chi connectivity index (χ0n) is 17.0. The molecule has 5 heteroatoms. The zero-order valence-corrected chi connectivity index (χ0v) is 17.8. The lowest BCUT2D eigenvalue weighted by Crippen LogP contribution is -2.52. The van der Waals surface area contributed by atoms with E-state index in [0.717, 1.165) is 11.1 Å². The highest BCUT2D eigenvalue weighted by Gasteiger charge is 2.28. The molecule has 2 rings (SSSR count). The van der Waals surface area contributed by atoms with Crippen molar-refractivity contribution >= 4 is 23.4 Å². The maximum absolute atomic E-state index is 13.0. The standard InChI is InChI=1S/C23H29ClN2O2/c1-17(22(28)25-23(2,3)4)26(16-18-10-6-5-7-11-18)21(27)15-14-19-12-8-9-13-20(19)24/h5-13,17H,14-16H2,1-4H3,(H,25,28)/t17-/m0/s1. The molecule has 150 valence electrons. The Morgan fingerprint density at radius 1 is 1.04 bits per heavy atom. The first kappa shape index (κ1) is 22.0. The largest absolute Gasteiger partial charge is 0.350 e. The Balaban J connectivity index is 2.15. The van der Waals surface area contributed by atoms with Crippen LogP contribution >= 0.6 is 11.6 Å². The van der Waals surface area contributed by atoms with Gasteiger partial charge in [-0.15, -0.1) is 0 Å². The number of hydrogen-bond donors (Lipinski definition) is 1. The maximum atomic E-state index is 13.0.